The normalized spacial score (nSPS) is 11.9. The maximum absolute atomic E-state index is 13.8. The first-order chi connectivity index (χ1) is 17.1. The van der Waals surface area contributed by atoms with Crippen molar-refractivity contribution >= 4 is 43.4 Å². The SMILES string of the molecule is O=c1c2c3[nH]c4ccccc4c3c3c(=O)n(-c4ccccc4)c(=O)c3c2c(=O)n1-c1ccccc1. The van der Waals surface area contributed by atoms with E-state index in [1.165, 1.54) is 0 Å². The number of H-pyrrole nitrogens is 1. The van der Waals surface area contributed by atoms with E-state index in [0.29, 0.717) is 33.2 Å². The zero-order chi connectivity index (χ0) is 23.8. The van der Waals surface area contributed by atoms with Crippen LogP contribution in [0.4, 0.5) is 0 Å². The van der Waals surface area contributed by atoms with Gasteiger partial charge in [-0.25, -0.2) is 9.13 Å². The molecule has 0 bridgehead atoms. The van der Waals surface area contributed by atoms with Gasteiger partial charge in [0.05, 0.1) is 38.4 Å². The number of aromatic nitrogens is 3. The number of para-hydroxylation sites is 3. The van der Waals surface area contributed by atoms with Gasteiger partial charge in [-0.2, -0.15) is 0 Å². The van der Waals surface area contributed by atoms with Crippen LogP contribution in [-0.4, -0.2) is 14.1 Å². The van der Waals surface area contributed by atoms with E-state index >= 15 is 0 Å². The summed E-state index contributed by atoms with van der Waals surface area (Å²) in [5.74, 6) is 0. The molecule has 0 atom stereocenters. The number of benzene rings is 4. The summed E-state index contributed by atoms with van der Waals surface area (Å²) in [5.41, 5.74) is -0.408. The molecule has 0 radical (unpaired) electrons. The molecule has 0 saturated heterocycles. The summed E-state index contributed by atoms with van der Waals surface area (Å²) in [6.07, 6.45) is 0. The molecule has 0 amide bonds. The van der Waals surface area contributed by atoms with Gasteiger partial charge in [-0.1, -0.05) is 54.6 Å². The highest BCUT2D eigenvalue weighted by molar-refractivity contribution is 6.31. The van der Waals surface area contributed by atoms with Gasteiger partial charge >= 0.3 is 0 Å². The minimum atomic E-state index is -0.621. The van der Waals surface area contributed by atoms with Crippen molar-refractivity contribution in [1.82, 2.24) is 14.1 Å². The summed E-state index contributed by atoms with van der Waals surface area (Å²) in [6.45, 7) is 0. The summed E-state index contributed by atoms with van der Waals surface area (Å²) in [5, 5.41) is 1.37. The summed E-state index contributed by atoms with van der Waals surface area (Å²) >= 11 is 0. The first kappa shape index (κ1) is 19.4. The van der Waals surface area contributed by atoms with E-state index in [0.717, 1.165) is 9.13 Å². The Kier molecular flexibility index (Phi) is 3.74. The van der Waals surface area contributed by atoms with Gasteiger partial charge in [-0.3, -0.25) is 19.2 Å². The van der Waals surface area contributed by atoms with E-state index in [1.54, 1.807) is 60.7 Å². The molecule has 0 spiro atoms. The van der Waals surface area contributed by atoms with Crippen LogP contribution in [0.3, 0.4) is 0 Å². The van der Waals surface area contributed by atoms with Crippen LogP contribution in [-0.2, 0) is 0 Å². The van der Waals surface area contributed by atoms with Crippen LogP contribution in [0.25, 0.3) is 54.7 Å². The summed E-state index contributed by atoms with van der Waals surface area (Å²) in [7, 11) is 0. The molecule has 3 heterocycles. The Hall–Kier alpha value is -5.04. The molecule has 1 N–H and O–H groups in total. The number of nitrogens with one attached hydrogen (secondary N) is 1. The van der Waals surface area contributed by atoms with Crippen LogP contribution in [0.2, 0.25) is 0 Å². The monoisotopic (exact) mass is 457 g/mol. The van der Waals surface area contributed by atoms with Crippen molar-refractivity contribution in [2.75, 3.05) is 0 Å². The zero-order valence-electron chi connectivity index (χ0n) is 18.1. The molecular formula is C28H15N3O4. The first-order valence-corrected chi connectivity index (χ1v) is 11.1. The highest BCUT2D eigenvalue weighted by atomic mass is 16.2. The third-order valence-corrected chi connectivity index (χ3v) is 6.65. The Bertz CT molecular complexity index is 2180. The fraction of sp³-hybridized carbons (Fsp3) is 0. The number of hydrogen-bond acceptors (Lipinski definition) is 4. The topological polar surface area (TPSA) is 93.9 Å². The lowest BCUT2D eigenvalue weighted by Crippen LogP contribution is -2.24. The van der Waals surface area contributed by atoms with Crippen LogP contribution in [0.1, 0.15) is 0 Å². The maximum Gasteiger partial charge on any atom is 0.268 e. The van der Waals surface area contributed by atoms with Crippen molar-refractivity contribution in [3.8, 4) is 11.4 Å². The van der Waals surface area contributed by atoms with Crippen LogP contribution in [0, 0.1) is 0 Å². The number of nitrogens with zero attached hydrogens (tertiary/aromatic N) is 2. The lowest BCUT2D eigenvalue weighted by molar-refractivity contribution is 0.987. The predicted molar refractivity (Wildman–Crippen MR) is 137 cm³/mol. The molecule has 35 heavy (non-hydrogen) atoms. The molecule has 0 aliphatic carbocycles. The van der Waals surface area contributed by atoms with Crippen molar-refractivity contribution in [2.24, 2.45) is 0 Å². The number of hydrogen-bond donors (Lipinski definition) is 1. The quantitative estimate of drug-likeness (QED) is 0.430. The molecule has 0 saturated carbocycles. The van der Waals surface area contributed by atoms with Crippen molar-refractivity contribution in [2.45, 2.75) is 0 Å². The number of rotatable bonds is 2. The third-order valence-electron chi connectivity index (χ3n) is 6.65. The molecule has 4 aromatic carbocycles. The fourth-order valence-corrected chi connectivity index (χ4v) is 5.20. The summed E-state index contributed by atoms with van der Waals surface area (Å²) in [6, 6.07) is 24.5. The lowest BCUT2D eigenvalue weighted by atomic mass is 10.0. The highest BCUT2D eigenvalue weighted by Gasteiger charge is 2.28. The fourth-order valence-electron chi connectivity index (χ4n) is 5.20. The van der Waals surface area contributed by atoms with Crippen molar-refractivity contribution in [3.63, 3.8) is 0 Å². The van der Waals surface area contributed by atoms with E-state index < -0.39 is 22.2 Å². The van der Waals surface area contributed by atoms with E-state index in [9.17, 15) is 19.2 Å². The van der Waals surface area contributed by atoms with Crippen LogP contribution in [0.5, 0.6) is 0 Å². The number of fused-ring (bicyclic) bond motifs is 8. The molecule has 0 unspecified atom stereocenters. The van der Waals surface area contributed by atoms with Gasteiger partial charge in [0.2, 0.25) is 0 Å². The molecule has 7 aromatic rings. The third kappa shape index (κ3) is 2.38. The van der Waals surface area contributed by atoms with Gasteiger partial charge < -0.3 is 4.98 Å². The van der Waals surface area contributed by atoms with Crippen LogP contribution >= 0.6 is 0 Å². The molecule has 7 rings (SSSR count). The van der Waals surface area contributed by atoms with E-state index in [4.69, 9.17) is 0 Å². The largest absolute Gasteiger partial charge is 0.354 e. The summed E-state index contributed by atoms with van der Waals surface area (Å²) < 4.78 is 2.15. The average molecular weight is 457 g/mol. The standard InChI is InChI=1S/C28H15N3O4/c32-25-20-19-17-13-7-8-14-18(17)29-24(19)23-22(21(20)26(33)30(25)15-9-3-1-4-10-15)27(34)31(28(23)35)16-11-5-2-6-12-16/h1-14,29H. The van der Waals surface area contributed by atoms with Gasteiger partial charge in [-0.15, -0.1) is 0 Å². The van der Waals surface area contributed by atoms with Gasteiger partial charge in [0.1, 0.15) is 0 Å². The molecule has 0 aliphatic rings. The maximum atomic E-state index is 13.8. The molecule has 0 aliphatic heterocycles. The molecule has 7 nitrogen and oxygen atoms in total. The van der Waals surface area contributed by atoms with Crippen LogP contribution in [0.15, 0.2) is 104 Å². The van der Waals surface area contributed by atoms with Crippen molar-refractivity contribution in [1.29, 1.82) is 0 Å². The Morgan fingerprint density at radius 1 is 0.457 bits per heavy atom. The van der Waals surface area contributed by atoms with E-state index in [2.05, 4.69) is 4.98 Å². The second-order valence-corrected chi connectivity index (χ2v) is 8.48. The Morgan fingerprint density at radius 2 is 0.886 bits per heavy atom. The van der Waals surface area contributed by atoms with Gasteiger partial charge in [-0.05, 0) is 30.3 Å². The van der Waals surface area contributed by atoms with Gasteiger partial charge in [0, 0.05) is 16.3 Å². The predicted octanol–water partition coefficient (Wildman–Crippen LogP) is 3.53. The molecule has 0 fully saturated rings. The molecule has 3 aromatic heterocycles. The Balaban J connectivity index is 1.84. The second kappa shape index (κ2) is 6.74. The average Bonchev–Trinajstić information content (AvgIpc) is 3.47. The first-order valence-electron chi connectivity index (χ1n) is 11.1. The molecule has 7 heteroatoms. The Morgan fingerprint density at radius 3 is 1.46 bits per heavy atom. The zero-order valence-corrected chi connectivity index (χ0v) is 18.1. The minimum absolute atomic E-state index is 0.0251. The van der Waals surface area contributed by atoms with Crippen molar-refractivity contribution in [3.05, 3.63) is 126 Å². The number of aromatic amines is 1. The van der Waals surface area contributed by atoms with Crippen LogP contribution < -0.4 is 22.2 Å². The van der Waals surface area contributed by atoms with Crippen molar-refractivity contribution < 1.29 is 0 Å². The van der Waals surface area contributed by atoms with E-state index in [1.807, 2.05) is 24.3 Å². The minimum Gasteiger partial charge on any atom is -0.354 e. The van der Waals surface area contributed by atoms with E-state index in [-0.39, 0.29) is 21.5 Å². The van der Waals surface area contributed by atoms with Gasteiger partial charge in [0.25, 0.3) is 22.2 Å². The molecular weight excluding hydrogens is 442 g/mol. The second-order valence-electron chi connectivity index (χ2n) is 8.48. The smallest absolute Gasteiger partial charge is 0.268 e. The highest BCUT2D eigenvalue weighted by Crippen LogP contribution is 2.35. The lowest BCUT2D eigenvalue weighted by Gasteiger charge is -1.98. The summed E-state index contributed by atoms with van der Waals surface area (Å²) in [4.78, 5) is 58.2. The molecule has 166 valence electrons. The Labute approximate surface area is 195 Å². The van der Waals surface area contributed by atoms with Gasteiger partial charge in [0.15, 0.2) is 0 Å².